The molecule has 2 rings (SSSR count). The molecule has 1 fully saturated rings. The van der Waals surface area contributed by atoms with Crippen LogP contribution in [-0.2, 0) is 6.54 Å². The standard InChI is InChI=1S/C14H21N3OS/c1-10-7-13(18-2)8-12(16-10)9-17-5-3-11(4-6-17)14(15)19/h7-8,11H,3-6,9H2,1-2H3,(H2,15,19). The summed E-state index contributed by atoms with van der Waals surface area (Å²) in [4.78, 5) is 7.62. The average molecular weight is 279 g/mol. The second-order valence-corrected chi connectivity index (χ2v) is 5.56. The number of thiocarbonyl (C=S) groups is 1. The molecular weight excluding hydrogens is 258 g/mol. The van der Waals surface area contributed by atoms with E-state index in [0.29, 0.717) is 10.9 Å². The summed E-state index contributed by atoms with van der Waals surface area (Å²) in [6, 6.07) is 3.95. The molecule has 1 aromatic heterocycles. The normalized spacial score (nSPS) is 17.4. The molecular formula is C14H21N3OS. The van der Waals surface area contributed by atoms with Crippen molar-refractivity contribution in [3.63, 3.8) is 0 Å². The molecule has 0 radical (unpaired) electrons. The molecule has 0 aliphatic carbocycles. The number of nitrogens with zero attached hydrogens (tertiary/aromatic N) is 2. The SMILES string of the molecule is COc1cc(C)nc(CN2CCC(C(N)=S)CC2)c1. The van der Waals surface area contributed by atoms with Gasteiger partial charge in [0.15, 0.2) is 0 Å². The second kappa shape index (κ2) is 6.30. The number of hydrogen-bond acceptors (Lipinski definition) is 4. The van der Waals surface area contributed by atoms with Gasteiger partial charge in [-0.1, -0.05) is 12.2 Å². The van der Waals surface area contributed by atoms with Gasteiger partial charge in [0, 0.05) is 30.3 Å². The van der Waals surface area contributed by atoms with Gasteiger partial charge in [0.05, 0.1) is 17.8 Å². The van der Waals surface area contributed by atoms with Crippen LogP contribution in [0.4, 0.5) is 0 Å². The van der Waals surface area contributed by atoms with Crippen molar-refractivity contribution in [1.29, 1.82) is 0 Å². The summed E-state index contributed by atoms with van der Waals surface area (Å²) in [6.45, 7) is 4.91. The Hall–Kier alpha value is -1.20. The molecule has 0 bridgehead atoms. The number of pyridine rings is 1. The quantitative estimate of drug-likeness (QED) is 0.853. The lowest BCUT2D eigenvalue weighted by Crippen LogP contribution is -2.37. The van der Waals surface area contributed by atoms with Crippen molar-refractivity contribution in [3.8, 4) is 5.75 Å². The molecule has 1 aliphatic heterocycles. The Bertz CT molecular complexity index is 456. The zero-order valence-corrected chi connectivity index (χ0v) is 12.4. The summed E-state index contributed by atoms with van der Waals surface area (Å²) in [5.41, 5.74) is 7.76. The Balaban J connectivity index is 1.95. The van der Waals surface area contributed by atoms with Gasteiger partial charge >= 0.3 is 0 Å². The predicted molar refractivity (Wildman–Crippen MR) is 80.3 cm³/mol. The second-order valence-electron chi connectivity index (χ2n) is 5.09. The number of rotatable bonds is 4. The minimum absolute atomic E-state index is 0.409. The van der Waals surface area contributed by atoms with Crippen LogP contribution >= 0.6 is 12.2 Å². The zero-order chi connectivity index (χ0) is 13.8. The van der Waals surface area contributed by atoms with Gasteiger partial charge in [-0.3, -0.25) is 9.88 Å². The number of ether oxygens (including phenoxy) is 1. The van der Waals surface area contributed by atoms with Crippen LogP contribution in [0.1, 0.15) is 24.2 Å². The highest BCUT2D eigenvalue weighted by atomic mass is 32.1. The number of piperidine rings is 1. The lowest BCUT2D eigenvalue weighted by atomic mass is 9.97. The maximum Gasteiger partial charge on any atom is 0.122 e. The fourth-order valence-corrected chi connectivity index (χ4v) is 2.74. The summed E-state index contributed by atoms with van der Waals surface area (Å²) >= 11 is 5.06. The van der Waals surface area contributed by atoms with Crippen molar-refractivity contribution in [1.82, 2.24) is 9.88 Å². The molecule has 1 aliphatic rings. The highest BCUT2D eigenvalue weighted by Gasteiger charge is 2.21. The van der Waals surface area contributed by atoms with Crippen LogP contribution in [0.25, 0.3) is 0 Å². The first-order chi connectivity index (χ1) is 9.08. The Labute approximate surface area is 120 Å². The van der Waals surface area contributed by atoms with E-state index < -0.39 is 0 Å². The van der Waals surface area contributed by atoms with Gasteiger partial charge in [-0.05, 0) is 32.9 Å². The van der Waals surface area contributed by atoms with Gasteiger partial charge in [-0.25, -0.2) is 0 Å². The average Bonchev–Trinajstić information content (AvgIpc) is 2.38. The van der Waals surface area contributed by atoms with E-state index >= 15 is 0 Å². The van der Waals surface area contributed by atoms with E-state index in [1.54, 1.807) is 7.11 Å². The molecule has 2 N–H and O–H groups in total. The van der Waals surface area contributed by atoms with Crippen LogP contribution in [0.5, 0.6) is 5.75 Å². The maximum atomic E-state index is 5.71. The first-order valence-electron chi connectivity index (χ1n) is 6.61. The first-order valence-corrected chi connectivity index (χ1v) is 7.02. The largest absolute Gasteiger partial charge is 0.497 e. The minimum Gasteiger partial charge on any atom is -0.497 e. The molecule has 1 aromatic rings. The van der Waals surface area contributed by atoms with Crippen molar-refractivity contribution in [3.05, 3.63) is 23.5 Å². The Kier molecular flexibility index (Phi) is 4.71. The van der Waals surface area contributed by atoms with Crippen LogP contribution in [0.2, 0.25) is 0 Å². The number of nitrogens with two attached hydrogens (primary N) is 1. The predicted octanol–water partition coefficient (Wildman–Crippen LogP) is 1.90. The van der Waals surface area contributed by atoms with Crippen molar-refractivity contribution in [2.75, 3.05) is 20.2 Å². The van der Waals surface area contributed by atoms with Crippen molar-refractivity contribution < 1.29 is 4.74 Å². The van der Waals surface area contributed by atoms with E-state index in [2.05, 4.69) is 9.88 Å². The molecule has 2 heterocycles. The number of methoxy groups -OCH3 is 1. The summed E-state index contributed by atoms with van der Waals surface area (Å²) < 4.78 is 5.28. The number of aromatic nitrogens is 1. The maximum absolute atomic E-state index is 5.71. The van der Waals surface area contributed by atoms with E-state index in [-0.39, 0.29) is 0 Å². The van der Waals surface area contributed by atoms with Gasteiger partial charge in [0.25, 0.3) is 0 Å². The van der Waals surface area contributed by atoms with E-state index in [1.807, 2.05) is 19.1 Å². The summed E-state index contributed by atoms with van der Waals surface area (Å²) in [7, 11) is 1.69. The lowest BCUT2D eigenvalue weighted by molar-refractivity contribution is 0.200. The Morgan fingerprint density at radius 1 is 1.47 bits per heavy atom. The molecule has 0 spiro atoms. The summed E-state index contributed by atoms with van der Waals surface area (Å²) in [5, 5.41) is 0. The number of likely N-dealkylation sites (tertiary alicyclic amines) is 1. The van der Waals surface area contributed by atoms with Crippen molar-refractivity contribution in [2.45, 2.75) is 26.3 Å². The molecule has 0 atom stereocenters. The fourth-order valence-electron chi connectivity index (χ4n) is 2.51. The molecule has 0 saturated carbocycles. The topological polar surface area (TPSA) is 51.4 Å². The fraction of sp³-hybridized carbons (Fsp3) is 0.571. The van der Waals surface area contributed by atoms with Gasteiger partial charge in [-0.2, -0.15) is 0 Å². The third kappa shape index (κ3) is 3.88. The highest BCUT2D eigenvalue weighted by molar-refractivity contribution is 7.80. The Morgan fingerprint density at radius 2 is 2.16 bits per heavy atom. The van der Waals surface area contributed by atoms with Crippen molar-refractivity contribution >= 4 is 17.2 Å². The summed E-state index contributed by atoms with van der Waals surface area (Å²) in [6.07, 6.45) is 2.11. The van der Waals surface area contributed by atoms with E-state index in [9.17, 15) is 0 Å². The minimum atomic E-state index is 0.409. The van der Waals surface area contributed by atoms with Crippen LogP contribution in [0.3, 0.4) is 0 Å². The van der Waals surface area contributed by atoms with Gasteiger partial charge < -0.3 is 10.5 Å². The number of aryl methyl sites for hydroxylation is 1. The van der Waals surface area contributed by atoms with Gasteiger partial charge in [0.1, 0.15) is 5.75 Å². The van der Waals surface area contributed by atoms with Crippen LogP contribution in [0, 0.1) is 12.8 Å². The van der Waals surface area contributed by atoms with Gasteiger partial charge in [-0.15, -0.1) is 0 Å². The summed E-state index contributed by atoms with van der Waals surface area (Å²) in [5.74, 6) is 1.28. The van der Waals surface area contributed by atoms with E-state index in [1.165, 1.54) is 0 Å². The zero-order valence-electron chi connectivity index (χ0n) is 11.6. The molecule has 5 heteroatoms. The first kappa shape index (κ1) is 14.2. The molecule has 0 unspecified atom stereocenters. The smallest absolute Gasteiger partial charge is 0.122 e. The molecule has 4 nitrogen and oxygen atoms in total. The highest BCUT2D eigenvalue weighted by Crippen LogP contribution is 2.20. The van der Waals surface area contributed by atoms with E-state index in [0.717, 1.165) is 49.6 Å². The molecule has 0 amide bonds. The van der Waals surface area contributed by atoms with Gasteiger partial charge in [0.2, 0.25) is 0 Å². The van der Waals surface area contributed by atoms with Crippen LogP contribution in [0.15, 0.2) is 12.1 Å². The van der Waals surface area contributed by atoms with Crippen LogP contribution < -0.4 is 10.5 Å². The third-order valence-corrected chi connectivity index (χ3v) is 3.92. The molecule has 0 aromatic carbocycles. The lowest BCUT2D eigenvalue weighted by Gasteiger charge is -2.31. The van der Waals surface area contributed by atoms with E-state index in [4.69, 9.17) is 22.7 Å². The van der Waals surface area contributed by atoms with Crippen molar-refractivity contribution in [2.24, 2.45) is 11.7 Å². The third-order valence-electron chi connectivity index (χ3n) is 3.59. The molecule has 104 valence electrons. The number of hydrogen-bond donors (Lipinski definition) is 1. The molecule has 1 saturated heterocycles. The monoisotopic (exact) mass is 279 g/mol. The Morgan fingerprint density at radius 3 is 2.74 bits per heavy atom. The van der Waals surface area contributed by atoms with Crippen LogP contribution in [-0.4, -0.2) is 35.1 Å². The molecule has 19 heavy (non-hydrogen) atoms.